The maximum atomic E-state index is 14.0. The van der Waals surface area contributed by atoms with Crippen LogP contribution in [0.1, 0.15) is 31.0 Å². The first-order chi connectivity index (χ1) is 19.9. The average Bonchev–Trinajstić information content (AvgIpc) is 3.30. The van der Waals surface area contributed by atoms with Crippen LogP contribution in [0.5, 0.6) is 17.2 Å². The van der Waals surface area contributed by atoms with Crippen molar-refractivity contribution in [3.63, 3.8) is 0 Å². The molecular formula is C30H33N3O7S. The van der Waals surface area contributed by atoms with E-state index in [0.717, 1.165) is 24.3 Å². The Morgan fingerprint density at radius 3 is 2.32 bits per heavy atom. The van der Waals surface area contributed by atoms with Gasteiger partial charge in [-0.15, -0.1) is 0 Å². The molecule has 0 unspecified atom stereocenters. The number of rotatable bonds is 8. The van der Waals surface area contributed by atoms with Gasteiger partial charge in [-0.2, -0.15) is 0 Å². The number of ether oxygens (including phenoxy) is 5. The third kappa shape index (κ3) is 5.47. The molecule has 0 spiro atoms. The number of morpholine rings is 1. The van der Waals surface area contributed by atoms with Gasteiger partial charge in [0, 0.05) is 18.8 Å². The Kier molecular flexibility index (Phi) is 8.46. The molecule has 1 atom stereocenters. The summed E-state index contributed by atoms with van der Waals surface area (Å²) in [6.45, 7) is 6.79. The van der Waals surface area contributed by atoms with Gasteiger partial charge in [0.2, 0.25) is 5.75 Å². The predicted molar refractivity (Wildman–Crippen MR) is 156 cm³/mol. The number of hydrogen-bond acceptors (Lipinski definition) is 10. The van der Waals surface area contributed by atoms with Crippen molar-refractivity contribution in [1.29, 1.82) is 0 Å². The van der Waals surface area contributed by atoms with Gasteiger partial charge in [-0.3, -0.25) is 9.36 Å². The second-order valence-electron chi connectivity index (χ2n) is 9.45. The minimum absolute atomic E-state index is 0.183. The molecular weight excluding hydrogens is 546 g/mol. The molecule has 1 fully saturated rings. The number of benzene rings is 2. The standard InChI is InChI=1S/C30H33N3O7S/c1-6-40-29(35)25-18(2)31-30-33(26(25)20-16-22(36-3)27(38-5)23(17-20)37-4)28(34)24(41-30)15-19-7-9-21(10-8-19)32-11-13-39-14-12-32/h7-10,15-17,26H,6,11-14H2,1-5H3/b24-15+/t26-/m0/s1. The number of fused-ring (bicyclic) bond motifs is 1. The fourth-order valence-corrected chi connectivity index (χ4v) is 6.17. The number of methoxy groups -OCH3 is 3. The van der Waals surface area contributed by atoms with Crippen LogP contribution in [0.15, 0.2) is 57.5 Å². The maximum Gasteiger partial charge on any atom is 0.338 e. The van der Waals surface area contributed by atoms with Crippen LogP contribution in [0.3, 0.4) is 0 Å². The summed E-state index contributed by atoms with van der Waals surface area (Å²) in [4.78, 5) is 34.6. The van der Waals surface area contributed by atoms with Crippen LogP contribution >= 0.6 is 11.3 Å². The maximum absolute atomic E-state index is 14.0. The summed E-state index contributed by atoms with van der Waals surface area (Å²) in [5.41, 5.74) is 3.08. The monoisotopic (exact) mass is 579 g/mol. The summed E-state index contributed by atoms with van der Waals surface area (Å²) in [5, 5.41) is 0. The second-order valence-corrected chi connectivity index (χ2v) is 10.5. The van der Waals surface area contributed by atoms with E-state index in [-0.39, 0.29) is 17.7 Å². The molecule has 0 radical (unpaired) electrons. The third-order valence-corrected chi connectivity index (χ3v) is 8.07. The van der Waals surface area contributed by atoms with Gasteiger partial charge in [0.25, 0.3) is 5.56 Å². The smallest absolute Gasteiger partial charge is 0.338 e. The summed E-state index contributed by atoms with van der Waals surface area (Å²) >= 11 is 1.27. The number of carbonyl (C=O) groups excluding carboxylic acids is 1. The molecule has 1 saturated heterocycles. The van der Waals surface area contributed by atoms with Crippen molar-refractivity contribution in [3.8, 4) is 17.2 Å². The Labute approximate surface area is 241 Å². The first-order valence-corrected chi connectivity index (χ1v) is 14.1. The fraction of sp³-hybridized carbons (Fsp3) is 0.367. The Hall–Kier alpha value is -4.09. The Bertz CT molecular complexity index is 1630. The number of hydrogen-bond donors (Lipinski definition) is 0. The molecule has 11 heteroatoms. The number of nitrogens with zero attached hydrogens (tertiary/aromatic N) is 3. The highest BCUT2D eigenvalue weighted by molar-refractivity contribution is 7.07. The number of aromatic nitrogens is 1. The molecule has 0 amide bonds. The van der Waals surface area contributed by atoms with E-state index in [4.69, 9.17) is 23.7 Å². The third-order valence-electron chi connectivity index (χ3n) is 7.09. The van der Waals surface area contributed by atoms with E-state index in [1.807, 2.05) is 18.2 Å². The van der Waals surface area contributed by atoms with Crippen LogP contribution in [-0.4, -0.2) is 64.8 Å². The van der Waals surface area contributed by atoms with E-state index in [2.05, 4.69) is 22.0 Å². The fourth-order valence-electron chi connectivity index (χ4n) is 5.12. The summed E-state index contributed by atoms with van der Waals surface area (Å²) < 4.78 is 29.5. The molecule has 2 aromatic carbocycles. The molecule has 10 nitrogen and oxygen atoms in total. The lowest BCUT2D eigenvalue weighted by Gasteiger charge is -2.28. The number of thiazole rings is 1. The minimum atomic E-state index is -0.815. The number of allylic oxidation sites excluding steroid dienone is 1. The SMILES string of the molecule is CCOC(=O)C1=C(C)N=c2s/c(=C/c3ccc(N4CCOCC4)cc3)c(=O)n2[C@H]1c1cc(OC)c(OC)c(OC)c1. The molecule has 2 aliphatic rings. The molecule has 41 heavy (non-hydrogen) atoms. The number of anilines is 1. The second kappa shape index (κ2) is 12.2. The Morgan fingerprint density at radius 1 is 1.07 bits per heavy atom. The van der Waals surface area contributed by atoms with Gasteiger partial charge in [0.05, 0.1) is 63.0 Å². The Balaban J connectivity index is 1.64. The van der Waals surface area contributed by atoms with Crippen LogP contribution < -0.4 is 34.0 Å². The van der Waals surface area contributed by atoms with Crippen molar-refractivity contribution in [2.45, 2.75) is 19.9 Å². The lowest BCUT2D eigenvalue weighted by atomic mass is 9.95. The number of carbonyl (C=O) groups is 1. The predicted octanol–water partition coefficient (Wildman–Crippen LogP) is 2.66. The van der Waals surface area contributed by atoms with Gasteiger partial charge < -0.3 is 28.6 Å². The van der Waals surface area contributed by atoms with E-state index in [1.165, 1.54) is 32.7 Å². The van der Waals surface area contributed by atoms with Crippen molar-refractivity contribution in [1.82, 2.24) is 4.57 Å². The van der Waals surface area contributed by atoms with E-state index < -0.39 is 12.0 Å². The van der Waals surface area contributed by atoms with E-state index in [1.54, 1.807) is 30.5 Å². The highest BCUT2D eigenvalue weighted by atomic mass is 32.1. The molecule has 3 heterocycles. The van der Waals surface area contributed by atoms with E-state index in [9.17, 15) is 9.59 Å². The summed E-state index contributed by atoms with van der Waals surface area (Å²) in [7, 11) is 4.55. The van der Waals surface area contributed by atoms with Gasteiger partial charge in [-0.1, -0.05) is 23.5 Å². The largest absolute Gasteiger partial charge is 0.493 e. The average molecular weight is 580 g/mol. The molecule has 0 bridgehead atoms. The zero-order valence-corrected chi connectivity index (χ0v) is 24.6. The minimum Gasteiger partial charge on any atom is -0.493 e. The molecule has 3 aromatic rings. The van der Waals surface area contributed by atoms with E-state index in [0.29, 0.717) is 51.1 Å². The van der Waals surface area contributed by atoms with Crippen molar-refractivity contribution in [2.75, 3.05) is 59.1 Å². The quantitative estimate of drug-likeness (QED) is 0.376. The van der Waals surface area contributed by atoms with Crippen molar-refractivity contribution in [3.05, 3.63) is 78.5 Å². The molecule has 2 aliphatic heterocycles. The first kappa shape index (κ1) is 28.4. The Morgan fingerprint density at radius 2 is 1.73 bits per heavy atom. The zero-order chi connectivity index (χ0) is 29.1. The van der Waals surface area contributed by atoms with Gasteiger partial charge >= 0.3 is 5.97 Å². The molecule has 5 rings (SSSR count). The molecule has 0 saturated carbocycles. The summed E-state index contributed by atoms with van der Waals surface area (Å²) in [6.07, 6.45) is 1.85. The lowest BCUT2D eigenvalue weighted by Crippen LogP contribution is -2.40. The first-order valence-electron chi connectivity index (χ1n) is 13.3. The molecule has 0 N–H and O–H groups in total. The number of esters is 1. The highest BCUT2D eigenvalue weighted by Crippen LogP contribution is 2.42. The highest BCUT2D eigenvalue weighted by Gasteiger charge is 2.34. The molecule has 216 valence electrons. The van der Waals surface area contributed by atoms with Crippen LogP contribution in [0.4, 0.5) is 5.69 Å². The molecule has 1 aromatic heterocycles. The summed E-state index contributed by atoms with van der Waals surface area (Å²) in [6, 6.07) is 10.8. The topological polar surface area (TPSA) is 101 Å². The van der Waals surface area contributed by atoms with Gasteiger partial charge in [0.1, 0.15) is 0 Å². The van der Waals surface area contributed by atoms with Gasteiger partial charge in [-0.05, 0) is 55.3 Å². The normalized spacial score (nSPS) is 17.1. The van der Waals surface area contributed by atoms with Gasteiger partial charge in [0.15, 0.2) is 16.3 Å². The van der Waals surface area contributed by atoms with Crippen molar-refractivity contribution < 1.29 is 28.5 Å². The lowest BCUT2D eigenvalue weighted by molar-refractivity contribution is -0.139. The van der Waals surface area contributed by atoms with Crippen LogP contribution in [0.2, 0.25) is 0 Å². The zero-order valence-electron chi connectivity index (χ0n) is 23.8. The van der Waals surface area contributed by atoms with Crippen LogP contribution in [0.25, 0.3) is 6.08 Å². The van der Waals surface area contributed by atoms with Crippen LogP contribution in [-0.2, 0) is 14.3 Å². The summed E-state index contributed by atoms with van der Waals surface area (Å²) in [5.74, 6) is 0.676. The van der Waals surface area contributed by atoms with E-state index >= 15 is 0 Å². The van der Waals surface area contributed by atoms with Gasteiger partial charge in [-0.25, -0.2) is 9.79 Å². The van der Waals surface area contributed by atoms with Crippen molar-refractivity contribution in [2.24, 2.45) is 4.99 Å². The van der Waals surface area contributed by atoms with Crippen molar-refractivity contribution >= 4 is 29.1 Å². The molecule has 0 aliphatic carbocycles. The van der Waals surface area contributed by atoms with Crippen LogP contribution in [0, 0.1) is 0 Å².